The number of halogens is 1. The van der Waals surface area contributed by atoms with Crippen molar-refractivity contribution in [2.45, 2.75) is 25.3 Å². The first-order chi connectivity index (χ1) is 7.34. The molecule has 0 aromatic carbocycles. The van der Waals surface area contributed by atoms with Crippen LogP contribution in [0.4, 0.5) is 5.95 Å². The molecule has 15 heavy (non-hydrogen) atoms. The lowest BCUT2D eigenvalue weighted by atomic mass is 10.1. The summed E-state index contributed by atoms with van der Waals surface area (Å²) in [5.41, 5.74) is 0. The lowest BCUT2D eigenvalue weighted by Crippen LogP contribution is -2.22. The van der Waals surface area contributed by atoms with Gasteiger partial charge < -0.3 is 10.6 Å². The molecule has 1 fully saturated rings. The standard InChI is InChI=1S/C10H15ClN4/c11-8-6-13-10(14-7-8)15-9-2-1-4-12-5-3-9/h6-7,9,12H,1-5H2,(H,13,14,15). The summed E-state index contributed by atoms with van der Waals surface area (Å²) in [4.78, 5) is 8.26. The predicted molar refractivity (Wildman–Crippen MR) is 61.2 cm³/mol. The normalized spacial score (nSPS) is 22.1. The summed E-state index contributed by atoms with van der Waals surface area (Å²) < 4.78 is 0. The molecule has 0 saturated carbocycles. The highest BCUT2D eigenvalue weighted by Gasteiger charge is 2.12. The van der Waals surface area contributed by atoms with E-state index in [1.54, 1.807) is 12.4 Å². The highest BCUT2D eigenvalue weighted by atomic mass is 35.5. The third kappa shape index (κ3) is 3.32. The molecule has 1 aliphatic heterocycles. The van der Waals surface area contributed by atoms with E-state index in [0.717, 1.165) is 19.5 Å². The second kappa shape index (κ2) is 5.28. The van der Waals surface area contributed by atoms with Crippen LogP contribution in [0.5, 0.6) is 0 Å². The van der Waals surface area contributed by atoms with Crippen molar-refractivity contribution in [3.8, 4) is 0 Å². The molecule has 1 unspecified atom stereocenters. The summed E-state index contributed by atoms with van der Waals surface area (Å²) in [6.07, 6.45) is 6.72. The molecule has 2 N–H and O–H groups in total. The SMILES string of the molecule is Clc1cnc(NC2CCCNCC2)nc1. The highest BCUT2D eigenvalue weighted by molar-refractivity contribution is 6.30. The molecule has 0 spiro atoms. The molecule has 5 heteroatoms. The van der Waals surface area contributed by atoms with Crippen LogP contribution < -0.4 is 10.6 Å². The van der Waals surface area contributed by atoms with E-state index < -0.39 is 0 Å². The van der Waals surface area contributed by atoms with Gasteiger partial charge in [0.05, 0.1) is 17.4 Å². The minimum absolute atomic E-state index is 0.473. The average Bonchev–Trinajstić information content (AvgIpc) is 2.50. The molecule has 0 aliphatic carbocycles. The zero-order valence-electron chi connectivity index (χ0n) is 8.54. The molecule has 82 valence electrons. The van der Waals surface area contributed by atoms with Crippen LogP contribution in [0.2, 0.25) is 5.02 Å². The Hall–Kier alpha value is -0.870. The Morgan fingerprint density at radius 3 is 2.87 bits per heavy atom. The number of nitrogens with zero attached hydrogens (tertiary/aromatic N) is 2. The molecule has 1 aromatic heterocycles. The van der Waals surface area contributed by atoms with Crippen molar-refractivity contribution >= 4 is 17.5 Å². The van der Waals surface area contributed by atoms with Crippen LogP contribution in [0.25, 0.3) is 0 Å². The van der Waals surface area contributed by atoms with Gasteiger partial charge in [0, 0.05) is 6.04 Å². The Labute approximate surface area is 94.5 Å². The van der Waals surface area contributed by atoms with Gasteiger partial charge in [0.15, 0.2) is 0 Å². The Bertz CT molecular complexity index is 293. The van der Waals surface area contributed by atoms with Crippen LogP contribution >= 0.6 is 11.6 Å². The van der Waals surface area contributed by atoms with Crippen LogP contribution in [0, 0.1) is 0 Å². The third-order valence-electron chi connectivity index (χ3n) is 2.53. The Balaban J connectivity index is 1.92. The van der Waals surface area contributed by atoms with Crippen LogP contribution in [0.3, 0.4) is 0 Å². The number of rotatable bonds is 2. The summed E-state index contributed by atoms with van der Waals surface area (Å²) in [7, 11) is 0. The van der Waals surface area contributed by atoms with Crippen LogP contribution in [0.15, 0.2) is 12.4 Å². The van der Waals surface area contributed by atoms with Crippen LogP contribution in [-0.4, -0.2) is 29.1 Å². The lowest BCUT2D eigenvalue weighted by Gasteiger charge is -2.15. The van der Waals surface area contributed by atoms with Crippen molar-refractivity contribution in [1.82, 2.24) is 15.3 Å². The van der Waals surface area contributed by atoms with E-state index in [1.807, 2.05) is 0 Å². The number of aromatic nitrogens is 2. The van der Waals surface area contributed by atoms with Gasteiger partial charge in [-0.05, 0) is 32.4 Å². The molecule has 0 bridgehead atoms. The molecule has 1 saturated heterocycles. The fraction of sp³-hybridized carbons (Fsp3) is 0.600. The van der Waals surface area contributed by atoms with Crippen LogP contribution in [-0.2, 0) is 0 Å². The maximum Gasteiger partial charge on any atom is 0.222 e. The summed E-state index contributed by atoms with van der Waals surface area (Å²) in [6.45, 7) is 2.17. The lowest BCUT2D eigenvalue weighted by molar-refractivity contribution is 0.632. The van der Waals surface area contributed by atoms with Crippen molar-refractivity contribution in [2.75, 3.05) is 18.4 Å². The monoisotopic (exact) mass is 226 g/mol. The maximum absolute atomic E-state index is 5.72. The topological polar surface area (TPSA) is 49.8 Å². The predicted octanol–water partition coefficient (Wildman–Crippen LogP) is 1.68. The van der Waals surface area contributed by atoms with Gasteiger partial charge in [-0.25, -0.2) is 9.97 Å². The van der Waals surface area contributed by atoms with Crippen molar-refractivity contribution in [3.05, 3.63) is 17.4 Å². The van der Waals surface area contributed by atoms with Gasteiger partial charge in [-0.3, -0.25) is 0 Å². The Morgan fingerprint density at radius 2 is 2.07 bits per heavy atom. The second-order valence-corrected chi connectivity index (χ2v) is 4.18. The molecule has 1 aromatic rings. The summed E-state index contributed by atoms with van der Waals surface area (Å²) in [5.74, 6) is 0.673. The maximum atomic E-state index is 5.72. The highest BCUT2D eigenvalue weighted by Crippen LogP contribution is 2.11. The average molecular weight is 227 g/mol. The van der Waals surface area contributed by atoms with Crippen molar-refractivity contribution < 1.29 is 0 Å². The molecule has 0 radical (unpaired) electrons. The first kappa shape index (κ1) is 10.6. The largest absolute Gasteiger partial charge is 0.351 e. The van der Waals surface area contributed by atoms with Gasteiger partial charge >= 0.3 is 0 Å². The van der Waals surface area contributed by atoms with E-state index in [0.29, 0.717) is 17.0 Å². The van der Waals surface area contributed by atoms with E-state index in [1.165, 1.54) is 12.8 Å². The quantitative estimate of drug-likeness (QED) is 0.806. The molecule has 1 aliphatic rings. The second-order valence-electron chi connectivity index (χ2n) is 3.75. The first-order valence-electron chi connectivity index (χ1n) is 5.29. The molecule has 2 rings (SSSR count). The summed E-state index contributed by atoms with van der Waals surface area (Å²) in [5, 5.41) is 7.27. The van der Waals surface area contributed by atoms with Gasteiger partial charge in [0.2, 0.25) is 5.95 Å². The van der Waals surface area contributed by atoms with Gasteiger partial charge in [-0.2, -0.15) is 0 Å². The summed E-state index contributed by atoms with van der Waals surface area (Å²) >= 11 is 5.72. The smallest absolute Gasteiger partial charge is 0.222 e. The minimum atomic E-state index is 0.473. The molecule has 0 amide bonds. The van der Waals surface area contributed by atoms with Crippen molar-refractivity contribution in [2.24, 2.45) is 0 Å². The van der Waals surface area contributed by atoms with Gasteiger partial charge in [0.1, 0.15) is 0 Å². The Kier molecular flexibility index (Phi) is 3.75. The van der Waals surface area contributed by atoms with Crippen LogP contribution in [0.1, 0.15) is 19.3 Å². The van der Waals surface area contributed by atoms with Crippen molar-refractivity contribution in [3.63, 3.8) is 0 Å². The fourth-order valence-corrected chi connectivity index (χ4v) is 1.83. The third-order valence-corrected chi connectivity index (χ3v) is 2.72. The van der Waals surface area contributed by atoms with Gasteiger partial charge in [-0.15, -0.1) is 0 Å². The number of hydrogen-bond donors (Lipinski definition) is 2. The van der Waals surface area contributed by atoms with E-state index in [9.17, 15) is 0 Å². The molecular weight excluding hydrogens is 212 g/mol. The Morgan fingerprint density at radius 1 is 1.27 bits per heavy atom. The van der Waals surface area contributed by atoms with E-state index in [2.05, 4.69) is 20.6 Å². The molecule has 1 atom stereocenters. The molecular formula is C10H15ClN4. The number of anilines is 1. The minimum Gasteiger partial charge on any atom is -0.351 e. The van der Waals surface area contributed by atoms with Crippen molar-refractivity contribution in [1.29, 1.82) is 0 Å². The first-order valence-corrected chi connectivity index (χ1v) is 5.67. The summed E-state index contributed by atoms with van der Waals surface area (Å²) in [6, 6.07) is 0.473. The van der Waals surface area contributed by atoms with Gasteiger partial charge in [0.25, 0.3) is 0 Å². The number of hydrogen-bond acceptors (Lipinski definition) is 4. The zero-order valence-corrected chi connectivity index (χ0v) is 9.30. The van der Waals surface area contributed by atoms with E-state index in [4.69, 9.17) is 11.6 Å². The number of nitrogens with one attached hydrogen (secondary N) is 2. The fourth-order valence-electron chi connectivity index (χ4n) is 1.73. The van der Waals surface area contributed by atoms with E-state index >= 15 is 0 Å². The van der Waals surface area contributed by atoms with E-state index in [-0.39, 0.29) is 0 Å². The van der Waals surface area contributed by atoms with Gasteiger partial charge in [-0.1, -0.05) is 11.6 Å². The molecule has 2 heterocycles. The zero-order chi connectivity index (χ0) is 10.5. The molecule has 4 nitrogen and oxygen atoms in total.